The lowest BCUT2D eigenvalue weighted by atomic mass is 9.97. The van der Waals surface area contributed by atoms with Crippen molar-refractivity contribution >= 4 is 31.0 Å². The molecule has 0 saturated carbocycles. The minimum absolute atomic E-state index is 0.0168. The van der Waals surface area contributed by atoms with E-state index < -0.39 is 39.1 Å². The normalized spacial score (nSPS) is 25.1. The van der Waals surface area contributed by atoms with Gasteiger partial charge in [0.1, 0.15) is 29.9 Å². The number of benzene rings is 1. The van der Waals surface area contributed by atoms with E-state index in [-0.39, 0.29) is 18.5 Å². The van der Waals surface area contributed by atoms with Crippen molar-refractivity contribution in [3.05, 3.63) is 30.3 Å². The van der Waals surface area contributed by atoms with Crippen LogP contribution in [0, 0.1) is 12.3 Å². The van der Waals surface area contributed by atoms with Gasteiger partial charge >= 0.3 is 0 Å². The summed E-state index contributed by atoms with van der Waals surface area (Å²) in [7, 11) is -2.18. The van der Waals surface area contributed by atoms with E-state index >= 15 is 0 Å². The van der Waals surface area contributed by atoms with Crippen LogP contribution in [-0.2, 0) is 9.53 Å². The third-order valence-corrected chi connectivity index (χ3v) is 5.85. The molecule has 3 rings (SSSR count). The molecule has 0 radical (unpaired) electrons. The van der Waals surface area contributed by atoms with Crippen LogP contribution in [0.2, 0.25) is 0 Å². The first-order chi connectivity index (χ1) is 15.8. The van der Waals surface area contributed by atoms with Gasteiger partial charge in [0.25, 0.3) is 0 Å². The number of aromatic nitrogens is 1. The first-order valence-electron chi connectivity index (χ1n) is 10.4. The molecule has 2 aromatic rings. The molecule has 3 unspecified atom stereocenters. The second-order valence-electron chi connectivity index (χ2n) is 7.67. The highest BCUT2D eigenvalue weighted by Crippen LogP contribution is 2.31. The van der Waals surface area contributed by atoms with Gasteiger partial charge in [-0.15, -0.1) is 12.3 Å². The average molecular weight is 478 g/mol. The first-order valence-corrected chi connectivity index (χ1v) is 11.9. The van der Waals surface area contributed by atoms with E-state index in [2.05, 4.69) is 16.2 Å². The van der Waals surface area contributed by atoms with Crippen LogP contribution < -0.4 is 10.1 Å². The number of rotatable bonds is 9. The Hall–Kier alpha value is -2.35. The molecule has 1 fully saturated rings. The van der Waals surface area contributed by atoms with Gasteiger partial charge in [-0.25, -0.2) is 4.98 Å². The summed E-state index contributed by atoms with van der Waals surface area (Å²) in [5, 5.41) is 33.9. The number of carbonyl (C=O) groups is 1. The van der Waals surface area contributed by atoms with Crippen LogP contribution in [0.5, 0.6) is 5.75 Å². The van der Waals surface area contributed by atoms with Gasteiger partial charge in [-0.1, -0.05) is 0 Å². The van der Waals surface area contributed by atoms with Crippen LogP contribution in [-0.4, -0.2) is 72.9 Å². The summed E-state index contributed by atoms with van der Waals surface area (Å²) in [6, 6.07) is 8.31. The van der Waals surface area contributed by atoms with Crippen molar-refractivity contribution < 1.29 is 39.4 Å². The van der Waals surface area contributed by atoms with Gasteiger partial charge in [-0.05, 0) is 43.2 Å². The first kappa shape index (κ1) is 25.3. The minimum atomic E-state index is -2.18. The zero-order chi connectivity index (χ0) is 24.0. The van der Waals surface area contributed by atoms with Gasteiger partial charge in [0.05, 0.1) is 11.6 Å². The molecule has 1 aromatic carbocycles. The maximum Gasteiger partial charge on any atom is 0.229 e. The lowest BCUT2D eigenvalue weighted by Gasteiger charge is -2.40. The monoisotopic (exact) mass is 478 g/mol. The number of anilines is 1. The molecule has 1 aliphatic rings. The number of aliphatic hydroxyl groups excluding tert-OH is 3. The van der Waals surface area contributed by atoms with E-state index in [1.54, 1.807) is 30.3 Å². The van der Waals surface area contributed by atoms with Crippen molar-refractivity contribution in [3.8, 4) is 18.1 Å². The largest absolute Gasteiger partial charge is 0.462 e. The number of fused-ring (bicyclic) bond motifs is 1. The molecule has 1 saturated heterocycles. The number of unbranched alkanes of at least 4 members (excludes halogenated alkanes) is 1. The van der Waals surface area contributed by atoms with Gasteiger partial charge < -0.3 is 39.9 Å². The summed E-state index contributed by atoms with van der Waals surface area (Å²) >= 11 is 0. The number of nitrogens with one attached hydrogen (secondary N) is 1. The molecule has 33 heavy (non-hydrogen) atoms. The molecular weight excluding hydrogens is 451 g/mol. The van der Waals surface area contributed by atoms with Crippen LogP contribution in [0.3, 0.4) is 0 Å². The summed E-state index contributed by atoms with van der Waals surface area (Å²) in [5.74, 6) is 3.04. The Morgan fingerprint density at radius 3 is 2.70 bits per heavy atom. The lowest BCUT2D eigenvalue weighted by Crippen LogP contribution is -2.59. The van der Waals surface area contributed by atoms with Crippen LogP contribution in [0.4, 0.5) is 5.82 Å². The number of hydrogen-bond acceptors (Lipinski definition) is 9. The van der Waals surface area contributed by atoms with Crippen LogP contribution in [0.25, 0.3) is 10.9 Å². The predicted octanol–water partition coefficient (Wildman–Crippen LogP) is 0.850. The summed E-state index contributed by atoms with van der Waals surface area (Å²) < 4.78 is 11.3. The van der Waals surface area contributed by atoms with Crippen molar-refractivity contribution in [2.75, 3.05) is 11.5 Å². The minimum Gasteiger partial charge on any atom is -0.462 e. The Kier molecular flexibility index (Phi) is 8.95. The highest BCUT2D eigenvalue weighted by atomic mass is 31.2. The van der Waals surface area contributed by atoms with Crippen molar-refractivity contribution in [2.45, 2.75) is 56.4 Å². The molecule has 11 heteroatoms. The molecule has 0 spiro atoms. The lowest BCUT2D eigenvalue weighted by molar-refractivity contribution is -0.272. The fourth-order valence-electron chi connectivity index (χ4n) is 3.43. The quantitative estimate of drug-likeness (QED) is 0.174. The maximum atomic E-state index is 11.9. The Morgan fingerprint density at radius 2 is 1.97 bits per heavy atom. The summed E-state index contributed by atoms with van der Waals surface area (Å²) in [6.45, 7) is 0. The van der Waals surface area contributed by atoms with Gasteiger partial charge in [0.15, 0.2) is 8.38 Å². The molecule has 6 N–H and O–H groups in total. The molecular formula is C22H27N2O8P. The number of nitrogens with zero attached hydrogens (tertiary/aromatic N) is 1. The molecule has 0 bridgehead atoms. The maximum absolute atomic E-state index is 11.9. The van der Waals surface area contributed by atoms with Gasteiger partial charge in [-0.2, -0.15) is 0 Å². The van der Waals surface area contributed by atoms with Crippen molar-refractivity contribution in [3.63, 3.8) is 0 Å². The van der Waals surface area contributed by atoms with Crippen LogP contribution in [0.1, 0.15) is 25.7 Å². The number of amides is 1. The number of carbonyl (C=O) groups excluding carboxylic acids is 1. The summed E-state index contributed by atoms with van der Waals surface area (Å²) in [6.07, 6.45) is 0.0331. The Morgan fingerprint density at radius 1 is 1.18 bits per heavy atom. The van der Waals surface area contributed by atoms with Gasteiger partial charge in [-0.3, -0.25) is 4.79 Å². The highest BCUT2D eigenvalue weighted by molar-refractivity contribution is 7.45. The van der Waals surface area contributed by atoms with E-state index in [9.17, 15) is 20.1 Å². The average Bonchev–Trinajstić information content (AvgIpc) is 2.78. The zero-order valence-corrected chi connectivity index (χ0v) is 18.6. The second-order valence-corrected chi connectivity index (χ2v) is 8.87. The van der Waals surface area contributed by atoms with Gasteiger partial charge in [0, 0.05) is 24.4 Å². The fraction of sp³-hybridized carbons (Fsp3) is 0.455. The topological polar surface area (TPSA) is 162 Å². The fourth-order valence-corrected chi connectivity index (χ4v) is 3.92. The van der Waals surface area contributed by atoms with Crippen molar-refractivity contribution in [2.24, 2.45) is 0 Å². The molecule has 178 valence electrons. The Balaban J connectivity index is 1.67. The Labute approximate surface area is 192 Å². The molecule has 1 aliphatic heterocycles. The molecule has 1 amide bonds. The number of ether oxygens (including phenoxy) is 2. The predicted molar refractivity (Wildman–Crippen MR) is 121 cm³/mol. The third kappa shape index (κ3) is 6.82. The van der Waals surface area contributed by atoms with E-state index in [1.165, 1.54) is 0 Å². The summed E-state index contributed by atoms with van der Waals surface area (Å²) in [5.41, 5.74) is 0.599. The third-order valence-electron chi connectivity index (χ3n) is 5.19. The van der Waals surface area contributed by atoms with Crippen molar-refractivity contribution in [1.29, 1.82) is 0 Å². The SMILES string of the molecule is C#CCCCC(=O)Nc1ccc2cc(O[C@H]3OC(CCP(O)O)[C@@H](O)C(O)C3O)ccc2n1. The van der Waals surface area contributed by atoms with Crippen LogP contribution in [0.15, 0.2) is 30.3 Å². The standard InChI is InChI=1S/C22H27N2O8P/c1-2-3-4-5-18(25)24-17-9-6-13-12-14(7-8-15(13)23-17)31-22-21(28)20(27)19(26)16(32-22)10-11-33(29)30/h1,6-9,12,16,19-22,26-30H,3-5,10-11H2,(H,23,24,25)/t16?,19-,20?,21?,22+/m1/s1. The molecule has 10 nitrogen and oxygen atoms in total. The Bertz CT molecular complexity index is 998. The van der Waals surface area contributed by atoms with E-state index in [4.69, 9.17) is 25.7 Å². The molecule has 5 atom stereocenters. The second kappa shape index (κ2) is 11.7. The molecule has 1 aromatic heterocycles. The number of terminal acetylenes is 1. The zero-order valence-electron chi connectivity index (χ0n) is 17.7. The summed E-state index contributed by atoms with van der Waals surface area (Å²) in [4.78, 5) is 34.6. The van der Waals surface area contributed by atoms with Crippen LogP contribution >= 0.6 is 8.38 Å². The van der Waals surface area contributed by atoms with E-state index in [0.29, 0.717) is 41.7 Å². The molecule has 2 heterocycles. The van der Waals surface area contributed by atoms with Crippen molar-refractivity contribution in [1.82, 2.24) is 4.98 Å². The van der Waals surface area contributed by atoms with E-state index in [0.717, 1.165) is 0 Å². The smallest absolute Gasteiger partial charge is 0.229 e. The molecule has 0 aliphatic carbocycles. The van der Waals surface area contributed by atoms with Gasteiger partial charge in [0.2, 0.25) is 12.2 Å². The number of hydrogen-bond donors (Lipinski definition) is 6. The number of aliphatic hydroxyl groups is 3. The van der Waals surface area contributed by atoms with E-state index in [1.807, 2.05) is 0 Å². The number of pyridine rings is 1. The highest BCUT2D eigenvalue weighted by Gasteiger charge is 2.44.